The lowest BCUT2D eigenvalue weighted by molar-refractivity contribution is 0.536. The van der Waals surface area contributed by atoms with Gasteiger partial charge in [0.2, 0.25) is 0 Å². The maximum absolute atomic E-state index is 5.56. The number of nitrogens with one attached hydrogen (secondary N) is 1. The van der Waals surface area contributed by atoms with Gasteiger partial charge >= 0.3 is 0 Å². The second-order valence-corrected chi connectivity index (χ2v) is 5.25. The summed E-state index contributed by atoms with van der Waals surface area (Å²) in [5.74, 6) is 5.56. The van der Waals surface area contributed by atoms with Crippen molar-refractivity contribution in [1.29, 1.82) is 0 Å². The Hall–Kier alpha value is -1.28. The Morgan fingerprint density at radius 1 is 1.53 bits per heavy atom. The van der Waals surface area contributed by atoms with E-state index in [1.165, 1.54) is 0 Å². The zero-order valence-corrected chi connectivity index (χ0v) is 10.5. The van der Waals surface area contributed by atoms with E-state index < -0.39 is 0 Å². The van der Waals surface area contributed by atoms with Crippen LogP contribution in [-0.4, -0.2) is 14.4 Å². The Bertz CT molecular complexity index is 569. The lowest BCUT2D eigenvalue weighted by atomic mass is 10.1. The highest BCUT2D eigenvalue weighted by atomic mass is 32.1. The topological polar surface area (TPSA) is 68.2 Å². The normalized spacial score (nSPS) is 13.2. The van der Waals surface area contributed by atoms with E-state index in [0.717, 1.165) is 22.8 Å². The van der Waals surface area contributed by atoms with E-state index >= 15 is 0 Å². The molecule has 0 spiro atoms. The smallest absolute Gasteiger partial charge is 0.193 e. The number of fused-ring (bicyclic) bond motifs is 1. The predicted octanol–water partition coefficient (Wildman–Crippen LogP) is 1.60. The van der Waals surface area contributed by atoms with Crippen LogP contribution in [0.5, 0.6) is 0 Å². The fourth-order valence-corrected chi connectivity index (χ4v) is 3.05. The first kappa shape index (κ1) is 10.8. The molecule has 3 rings (SSSR count). The third-order valence-electron chi connectivity index (χ3n) is 2.57. The van der Waals surface area contributed by atoms with Crippen LogP contribution in [0.2, 0.25) is 0 Å². The van der Waals surface area contributed by atoms with Gasteiger partial charge in [0.15, 0.2) is 4.96 Å². The minimum absolute atomic E-state index is 0.0193. The van der Waals surface area contributed by atoms with Crippen molar-refractivity contribution in [2.45, 2.75) is 12.5 Å². The van der Waals surface area contributed by atoms with E-state index in [-0.39, 0.29) is 6.04 Å². The van der Waals surface area contributed by atoms with Gasteiger partial charge in [-0.3, -0.25) is 15.7 Å². The van der Waals surface area contributed by atoms with Crippen molar-refractivity contribution in [3.63, 3.8) is 0 Å². The molecule has 0 radical (unpaired) electrons. The summed E-state index contributed by atoms with van der Waals surface area (Å²) in [5.41, 5.74) is 6.59. The number of nitrogens with two attached hydrogens (primary N) is 1. The fourth-order valence-electron chi connectivity index (χ4n) is 1.73. The van der Waals surface area contributed by atoms with Gasteiger partial charge in [-0.25, -0.2) is 9.97 Å². The van der Waals surface area contributed by atoms with Gasteiger partial charge < -0.3 is 0 Å². The van der Waals surface area contributed by atoms with Gasteiger partial charge in [0.1, 0.15) is 0 Å². The van der Waals surface area contributed by atoms with Crippen LogP contribution in [0, 0.1) is 0 Å². The largest absolute Gasteiger partial charge is 0.297 e. The van der Waals surface area contributed by atoms with E-state index in [1.54, 1.807) is 22.7 Å². The summed E-state index contributed by atoms with van der Waals surface area (Å²) in [5, 5.41) is 4.02. The van der Waals surface area contributed by atoms with E-state index in [1.807, 2.05) is 33.1 Å². The quantitative estimate of drug-likeness (QED) is 0.555. The Labute approximate surface area is 106 Å². The molecule has 0 amide bonds. The van der Waals surface area contributed by atoms with Gasteiger partial charge in [0.25, 0.3) is 0 Å². The van der Waals surface area contributed by atoms with Crippen LogP contribution in [-0.2, 0) is 6.42 Å². The number of nitrogens with zero attached hydrogens (tertiary/aromatic N) is 3. The van der Waals surface area contributed by atoms with Crippen LogP contribution in [0.25, 0.3) is 4.96 Å². The van der Waals surface area contributed by atoms with Crippen LogP contribution in [0.4, 0.5) is 0 Å². The van der Waals surface area contributed by atoms with E-state index in [9.17, 15) is 0 Å². The molecule has 0 aliphatic carbocycles. The maximum Gasteiger partial charge on any atom is 0.193 e. The molecule has 0 fully saturated rings. The highest BCUT2D eigenvalue weighted by Crippen LogP contribution is 2.19. The first-order valence-electron chi connectivity index (χ1n) is 5.12. The van der Waals surface area contributed by atoms with Crippen molar-refractivity contribution in [2.24, 2.45) is 5.84 Å². The minimum atomic E-state index is 0.0193. The SMILES string of the molecule is NNC(Cc1cn2ccsc2n1)c1cscn1. The molecule has 3 aromatic heterocycles. The average Bonchev–Trinajstić information content (AvgIpc) is 3.01. The van der Waals surface area contributed by atoms with Crippen molar-refractivity contribution < 1.29 is 0 Å². The molecule has 3 aromatic rings. The molecule has 5 nitrogen and oxygen atoms in total. The van der Waals surface area contributed by atoms with Gasteiger partial charge in [0, 0.05) is 29.6 Å². The van der Waals surface area contributed by atoms with Gasteiger partial charge in [0.05, 0.1) is 22.9 Å². The summed E-state index contributed by atoms with van der Waals surface area (Å²) in [6.45, 7) is 0. The van der Waals surface area contributed by atoms with Gasteiger partial charge in [-0.1, -0.05) is 0 Å². The van der Waals surface area contributed by atoms with Crippen LogP contribution in [0.1, 0.15) is 17.4 Å². The molecule has 88 valence electrons. The maximum atomic E-state index is 5.56. The number of hydrogen-bond acceptors (Lipinski definition) is 6. The highest BCUT2D eigenvalue weighted by molar-refractivity contribution is 7.15. The fraction of sp³-hybridized carbons (Fsp3) is 0.200. The van der Waals surface area contributed by atoms with Crippen LogP contribution < -0.4 is 11.3 Å². The number of hydrogen-bond donors (Lipinski definition) is 2. The first-order valence-corrected chi connectivity index (χ1v) is 6.94. The molecule has 0 saturated carbocycles. The molecule has 1 atom stereocenters. The Balaban J connectivity index is 1.83. The summed E-state index contributed by atoms with van der Waals surface area (Å²) >= 11 is 3.20. The van der Waals surface area contributed by atoms with E-state index in [0.29, 0.717) is 0 Å². The molecule has 1 unspecified atom stereocenters. The van der Waals surface area contributed by atoms with Crippen molar-refractivity contribution in [1.82, 2.24) is 19.8 Å². The molecule has 0 saturated heterocycles. The standard InChI is InChI=1S/C10H11N5S2/c11-14-8(9-5-16-6-12-9)3-7-4-15-1-2-17-10(15)13-7/h1-2,4-6,8,14H,3,11H2. The third-order valence-corrected chi connectivity index (χ3v) is 3.94. The predicted molar refractivity (Wildman–Crippen MR) is 69.0 cm³/mol. The Morgan fingerprint density at radius 3 is 3.18 bits per heavy atom. The molecule has 3 N–H and O–H groups in total. The number of rotatable bonds is 4. The summed E-state index contributed by atoms with van der Waals surface area (Å²) in [6, 6.07) is 0.0193. The minimum Gasteiger partial charge on any atom is -0.297 e. The highest BCUT2D eigenvalue weighted by Gasteiger charge is 2.14. The summed E-state index contributed by atoms with van der Waals surface area (Å²) in [6.07, 6.45) is 4.78. The first-order chi connectivity index (χ1) is 8.36. The molecule has 0 aliphatic rings. The Morgan fingerprint density at radius 2 is 2.47 bits per heavy atom. The molecule has 3 heterocycles. The number of aromatic nitrogens is 3. The summed E-state index contributed by atoms with van der Waals surface area (Å²) in [4.78, 5) is 9.81. The van der Waals surface area contributed by atoms with Crippen LogP contribution in [0.3, 0.4) is 0 Å². The van der Waals surface area contributed by atoms with Crippen LogP contribution >= 0.6 is 22.7 Å². The molecule has 0 bridgehead atoms. The number of hydrazine groups is 1. The van der Waals surface area contributed by atoms with Crippen LogP contribution in [0.15, 0.2) is 28.7 Å². The van der Waals surface area contributed by atoms with Crippen molar-refractivity contribution in [3.05, 3.63) is 40.1 Å². The van der Waals surface area contributed by atoms with Gasteiger partial charge in [-0.05, 0) is 0 Å². The molecule has 0 aliphatic heterocycles. The second kappa shape index (κ2) is 4.53. The number of imidazole rings is 1. The van der Waals surface area contributed by atoms with Gasteiger partial charge in [-0.2, -0.15) is 0 Å². The lowest BCUT2D eigenvalue weighted by Crippen LogP contribution is -2.29. The van der Waals surface area contributed by atoms with Crippen molar-refractivity contribution >= 4 is 27.6 Å². The molecular formula is C10H11N5S2. The average molecular weight is 265 g/mol. The molecule has 7 heteroatoms. The van der Waals surface area contributed by atoms with Crippen molar-refractivity contribution in [3.8, 4) is 0 Å². The molecule has 17 heavy (non-hydrogen) atoms. The number of thiazole rings is 2. The zero-order chi connectivity index (χ0) is 11.7. The van der Waals surface area contributed by atoms with Crippen molar-refractivity contribution in [2.75, 3.05) is 0 Å². The molecular weight excluding hydrogens is 254 g/mol. The summed E-state index contributed by atoms with van der Waals surface area (Å²) < 4.78 is 2.02. The van der Waals surface area contributed by atoms with E-state index in [4.69, 9.17) is 5.84 Å². The monoisotopic (exact) mass is 265 g/mol. The van der Waals surface area contributed by atoms with E-state index in [2.05, 4.69) is 15.4 Å². The Kier molecular flexibility index (Phi) is 2.89. The lowest BCUT2D eigenvalue weighted by Gasteiger charge is -2.11. The third kappa shape index (κ3) is 2.09. The second-order valence-electron chi connectivity index (χ2n) is 3.66. The zero-order valence-electron chi connectivity index (χ0n) is 8.91. The molecule has 0 aromatic carbocycles. The van der Waals surface area contributed by atoms with Gasteiger partial charge in [-0.15, -0.1) is 22.7 Å². The summed E-state index contributed by atoms with van der Waals surface area (Å²) in [7, 11) is 0.